The van der Waals surface area contributed by atoms with Gasteiger partial charge in [-0.1, -0.05) is 42.4 Å². The Morgan fingerprint density at radius 3 is 2.69 bits per heavy atom. The molecule has 0 saturated heterocycles. The maximum Gasteiger partial charge on any atom is 0.255 e. The van der Waals surface area contributed by atoms with Crippen molar-refractivity contribution in [3.63, 3.8) is 0 Å². The number of hydrogen-bond acceptors (Lipinski definition) is 5. The van der Waals surface area contributed by atoms with Gasteiger partial charge in [-0.2, -0.15) is 14.6 Å². The third-order valence-electron chi connectivity index (χ3n) is 4.49. The number of aromatic nitrogens is 4. The molecule has 1 N–H and O–H groups in total. The Kier molecular flexibility index (Phi) is 5.51. The Labute approximate surface area is 177 Å². The van der Waals surface area contributed by atoms with Gasteiger partial charge in [0, 0.05) is 26.7 Å². The van der Waals surface area contributed by atoms with Crippen LogP contribution >= 0.6 is 23.4 Å². The number of amides is 1. The molecule has 0 aliphatic rings. The van der Waals surface area contributed by atoms with Gasteiger partial charge in [-0.15, -0.1) is 0 Å². The summed E-state index contributed by atoms with van der Waals surface area (Å²) in [7, 11) is 0. The summed E-state index contributed by atoms with van der Waals surface area (Å²) in [5.74, 6) is 0.368. The largest absolute Gasteiger partial charge is 0.321 e. The van der Waals surface area contributed by atoms with E-state index >= 15 is 0 Å². The summed E-state index contributed by atoms with van der Waals surface area (Å²) in [6.45, 7) is 4.07. The summed E-state index contributed by atoms with van der Waals surface area (Å²) < 4.78 is 1.74. The average molecular weight is 424 g/mol. The topological polar surface area (TPSA) is 72.2 Å². The summed E-state index contributed by atoms with van der Waals surface area (Å²) >= 11 is 7.46. The van der Waals surface area contributed by atoms with Gasteiger partial charge in [0.15, 0.2) is 0 Å². The smallest absolute Gasteiger partial charge is 0.255 e. The maximum absolute atomic E-state index is 12.7. The first kappa shape index (κ1) is 19.4. The molecule has 0 spiro atoms. The van der Waals surface area contributed by atoms with Crippen LogP contribution in [0.3, 0.4) is 0 Å². The van der Waals surface area contributed by atoms with E-state index in [1.807, 2.05) is 31.2 Å². The molecule has 0 unspecified atom stereocenters. The fraction of sp³-hybridized carbons (Fsp3) is 0.143. The fourth-order valence-electron chi connectivity index (χ4n) is 3.03. The number of hydrogen-bond donors (Lipinski definition) is 1. The van der Waals surface area contributed by atoms with Crippen molar-refractivity contribution in [3.05, 3.63) is 76.7 Å². The van der Waals surface area contributed by atoms with Crippen LogP contribution in [0.15, 0.2) is 64.8 Å². The molecule has 0 bridgehead atoms. The number of nitrogens with zero attached hydrogens (tertiary/aromatic N) is 4. The number of halogens is 1. The number of fused-ring (bicyclic) bond motifs is 1. The second kappa shape index (κ2) is 8.23. The van der Waals surface area contributed by atoms with Crippen molar-refractivity contribution in [2.75, 3.05) is 5.32 Å². The van der Waals surface area contributed by atoms with Crippen molar-refractivity contribution in [1.82, 2.24) is 19.6 Å². The van der Waals surface area contributed by atoms with Crippen LogP contribution in [0.5, 0.6) is 0 Å². The Balaban J connectivity index is 1.69. The molecule has 0 aliphatic heterocycles. The monoisotopic (exact) mass is 423 g/mol. The molecule has 4 aromatic rings. The van der Waals surface area contributed by atoms with Crippen LogP contribution in [0.1, 0.15) is 28.5 Å². The summed E-state index contributed by atoms with van der Waals surface area (Å²) in [4.78, 5) is 22.3. The number of carbonyl (C=O) groups excluding carboxylic acids is 1. The number of anilines is 1. The van der Waals surface area contributed by atoms with E-state index in [0.717, 1.165) is 33.3 Å². The highest BCUT2D eigenvalue weighted by Gasteiger charge is 2.17. The summed E-state index contributed by atoms with van der Waals surface area (Å²) in [5, 5.41) is 8.87. The molecule has 2 heterocycles. The minimum absolute atomic E-state index is 0.192. The minimum Gasteiger partial charge on any atom is -0.321 e. The van der Waals surface area contributed by atoms with E-state index in [2.05, 4.69) is 27.3 Å². The van der Waals surface area contributed by atoms with Gasteiger partial charge in [-0.3, -0.25) is 4.79 Å². The van der Waals surface area contributed by atoms with E-state index in [-0.39, 0.29) is 5.91 Å². The highest BCUT2D eigenvalue weighted by molar-refractivity contribution is 7.99. The predicted octanol–water partition coefficient (Wildman–Crippen LogP) is 5.05. The van der Waals surface area contributed by atoms with Crippen LogP contribution in [-0.2, 0) is 6.42 Å². The quantitative estimate of drug-likeness (QED) is 0.454. The van der Waals surface area contributed by atoms with Crippen molar-refractivity contribution in [2.24, 2.45) is 0 Å². The van der Waals surface area contributed by atoms with E-state index in [1.165, 1.54) is 18.1 Å². The number of nitrogens with one attached hydrogen (secondary N) is 1. The average Bonchev–Trinajstić information content (AvgIpc) is 3.18. The van der Waals surface area contributed by atoms with Crippen molar-refractivity contribution < 1.29 is 4.79 Å². The SMILES string of the molecule is CCc1c(C)nc2ncnn2c1Sc1ccccc1NC(=O)c1ccc(Cl)cc1. The number of aryl methyl sites for hydroxylation is 1. The number of para-hydroxylation sites is 1. The van der Waals surface area contributed by atoms with Crippen molar-refractivity contribution >= 4 is 40.7 Å². The van der Waals surface area contributed by atoms with Gasteiger partial charge >= 0.3 is 0 Å². The second-order valence-corrected chi connectivity index (χ2v) is 7.83. The predicted molar refractivity (Wildman–Crippen MR) is 115 cm³/mol. The zero-order chi connectivity index (χ0) is 20.4. The first-order valence-corrected chi connectivity index (χ1v) is 10.3. The molecule has 2 aromatic carbocycles. The van der Waals surface area contributed by atoms with E-state index in [9.17, 15) is 4.79 Å². The molecule has 0 radical (unpaired) electrons. The lowest BCUT2D eigenvalue weighted by atomic mass is 10.2. The number of rotatable bonds is 5. The lowest BCUT2D eigenvalue weighted by Crippen LogP contribution is -2.12. The summed E-state index contributed by atoms with van der Waals surface area (Å²) in [6, 6.07) is 14.5. The second-order valence-electron chi connectivity index (χ2n) is 6.37. The first-order chi connectivity index (χ1) is 14.1. The highest BCUT2D eigenvalue weighted by atomic mass is 35.5. The van der Waals surface area contributed by atoms with E-state index < -0.39 is 0 Å². The summed E-state index contributed by atoms with van der Waals surface area (Å²) in [6.07, 6.45) is 2.32. The normalized spacial score (nSPS) is 11.0. The van der Waals surface area contributed by atoms with Gasteiger partial charge in [0.1, 0.15) is 11.4 Å². The lowest BCUT2D eigenvalue weighted by molar-refractivity contribution is 0.102. The highest BCUT2D eigenvalue weighted by Crippen LogP contribution is 2.36. The molecule has 0 saturated carbocycles. The molecule has 2 aromatic heterocycles. The van der Waals surface area contributed by atoms with E-state index in [1.54, 1.807) is 28.8 Å². The first-order valence-electron chi connectivity index (χ1n) is 9.10. The van der Waals surface area contributed by atoms with Crippen LogP contribution < -0.4 is 5.32 Å². The van der Waals surface area contributed by atoms with Crippen molar-refractivity contribution in [3.8, 4) is 0 Å². The van der Waals surface area contributed by atoms with Gasteiger partial charge in [-0.05, 0) is 49.7 Å². The minimum atomic E-state index is -0.192. The van der Waals surface area contributed by atoms with Gasteiger partial charge in [-0.25, -0.2) is 4.98 Å². The van der Waals surface area contributed by atoms with Gasteiger partial charge in [0.25, 0.3) is 11.7 Å². The Morgan fingerprint density at radius 2 is 1.93 bits per heavy atom. The standard InChI is InChI=1S/C21H18ClN5OS/c1-3-16-13(2)25-21-23-12-24-27(21)20(16)29-18-7-5-4-6-17(18)26-19(28)14-8-10-15(22)11-9-14/h4-12H,3H2,1-2H3,(H,26,28). The van der Waals surface area contributed by atoms with Gasteiger partial charge in [0.2, 0.25) is 0 Å². The molecule has 29 heavy (non-hydrogen) atoms. The zero-order valence-electron chi connectivity index (χ0n) is 15.9. The van der Waals surface area contributed by atoms with Crippen LogP contribution in [0.4, 0.5) is 5.69 Å². The third-order valence-corrected chi connectivity index (χ3v) is 5.93. The van der Waals surface area contributed by atoms with Crippen LogP contribution in [0.25, 0.3) is 5.78 Å². The Morgan fingerprint density at radius 1 is 1.17 bits per heavy atom. The van der Waals surface area contributed by atoms with Crippen LogP contribution in [0.2, 0.25) is 5.02 Å². The maximum atomic E-state index is 12.7. The molecule has 0 atom stereocenters. The molecule has 4 rings (SSSR count). The molecule has 0 fully saturated rings. The molecule has 0 aliphatic carbocycles. The van der Waals surface area contributed by atoms with E-state index in [0.29, 0.717) is 16.4 Å². The number of carbonyl (C=O) groups is 1. The Bertz CT molecular complexity index is 1190. The lowest BCUT2D eigenvalue weighted by Gasteiger charge is -2.14. The summed E-state index contributed by atoms with van der Waals surface area (Å²) in [5.41, 5.74) is 3.30. The van der Waals surface area contributed by atoms with E-state index in [4.69, 9.17) is 11.6 Å². The van der Waals surface area contributed by atoms with Gasteiger partial charge < -0.3 is 5.32 Å². The fourth-order valence-corrected chi connectivity index (χ4v) is 4.37. The van der Waals surface area contributed by atoms with Gasteiger partial charge in [0.05, 0.1) is 5.69 Å². The molecule has 8 heteroatoms. The molecule has 6 nitrogen and oxygen atoms in total. The molecule has 146 valence electrons. The Hall–Kier alpha value is -2.90. The molecular weight excluding hydrogens is 406 g/mol. The van der Waals surface area contributed by atoms with Crippen molar-refractivity contribution in [2.45, 2.75) is 30.2 Å². The zero-order valence-corrected chi connectivity index (χ0v) is 17.5. The van der Waals surface area contributed by atoms with Crippen LogP contribution in [0, 0.1) is 6.92 Å². The van der Waals surface area contributed by atoms with Crippen LogP contribution in [-0.4, -0.2) is 25.5 Å². The third kappa shape index (κ3) is 3.97. The number of benzene rings is 2. The van der Waals surface area contributed by atoms with Crippen molar-refractivity contribution in [1.29, 1.82) is 0 Å². The molecule has 1 amide bonds. The molecular formula is C21H18ClN5OS.